The molecule has 1 aliphatic heterocycles. The highest BCUT2D eigenvalue weighted by molar-refractivity contribution is 7.13. The lowest BCUT2D eigenvalue weighted by atomic mass is 9.96. The first-order valence-electron chi connectivity index (χ1n) is 14.1. The Kier molecular flexibility index (Phi) is 8.56. The van der Waals surface area contributed by atoms with Crippen LogP contribution in [-0.2, 0) is 4.79 Å². The molecule has 0 unspecified atom stereocenters. The molecule has 0 aromatic carbocycles. The molecule has 10 heteroatoms. The van der Waals surface area contributed by atoms with Crippen molar-refractivity contribution < 1.29 is 9.59 Å². The van der Waals surface area contributed by atoms with E-state index in [0.29, 0.717) is 55.3 Å². The van der Waals surface area contributed by atoms with Gasteiger partial charge in [0.1, 0.15) is 5.82 Å². The SMILES string of the molecule is CCN(CC)[C@@H](C)CCC(=O)c1cc(-c2cnn3ccc(-c4cccs4)nc23)nc(N2CCC(C(N)=O)CC2)c1. The van der Waals surface area contributed by atoms with Crippen LogP contribution in [0, 0.1) is 5.92 Å². The molecule has 1 amide bonds. The molecule has 210 valence electrons. The second-order valence-electron chi connectivity index (χ2n) is 10.4. The largest absolute Gasteiger partial charge is 0.369 e. The molecule has 4 aromatic heterocycles. The minimum absolute atomic E-state index is 0.0969. The summed E-state index contributed by atoms with van der Waals surface area (Å²) >= 11 is 1.64. The zero-order chi connectivity index (χ0) is 28.2. The van der Waals surface area contributed by atoms with Crippen LogP contribution in [0.5, 0.6) is 0 Å². The van der Waals surface area contributed by atoms with E-state index in [1.54, 1.807) is 22.0 Å². The number of nitrogens with zero attached hydrogens (tertiary/aromatic N) is 6. The van der Waals surface area contributed by atoms with Crippen LogP contribution in [0.15, 0.2) is 48.1 Å². The fourth-order valence-electron chi connectivity index (χ4n) is 5.50. The van der Waals surface area contributed by atoms with E-state index in [0.717, 1.165) is 41.5 Å². The molecule has 5 rings (SSSR count). The molecule has 0 radical (unpaired) electrons. The average Bonchev–Trinajstić information content (AvgIpc) is 3.66. The molecule has 4 aromatic rings. The van der Waals surface area contributed by atoms with Gasteiger partial charge in [0.15, 0.2) is 11.4 Å². The number of rotatable bonds is 11. The van der Waals surface area contributed by atoms with Gasteiger partial charge < -0.3 is 15.5 Å². The Hall–Kier alpha value is -3.63. The molecule has 0 spiro atoms. The highest BCUT2D eigenvalue weighted by atomic mass is 32.1. The maximum absolute atomic E-state index is 13.6. The summed E-state index contributed by atoms with van der Waals surface area (Å²) < 4.78 is 1.74. The van der Waals surface area contributed by atoms with Crippen molar-refractivity contribution in [1.82, 2.24) is 24.5 Å². The summed E-state index contributed by atoms with van der Waals surface area (Å²) in [4.78, 5) is 40.8. The number of hydrogen-bond acceptors (Lipinski definition) is 8. The van der Waals surface area contributed by atoms with Gasteiger partial charge >= 0.3 is 0 Å². The fourth-order valence-corrected chi connectivity index (χ4v) is 6.19. The van der Waals surface area contributed by atoms with E-state index >= 15 is 0 Å². The van der Waals surface area contributed by atoms with Gasteiger partial charge in [0.2, 0.25) is 5.91 Å². The minimum atomic E-state index is -0.251. The summed E-state index contributed by atoms with van der Waals surface area (Å²) in [5.74, 6) is 0.453. The van der Waals surface area contributed by atoms with Crippen molar-refractivity contribution in [1.29, 1.82) is 0 Å². The summed E-state index contributed by atoms with van der Waals surface area (Å²) in [6.45, 7) is 9.73. The van der Waals surface area contributed by atoms with E-state index in [4.69, 9.17) is 15.7 Å². The number of nitrogens with two attached hydrogens (primary N) is 1. The van der Waals surface area contributed by atoms with E-state index < -0.39 is 0 Å². The highest BCUT2D eigenvalue weighted by Gasteiger charge is 2.25. The number of Topliss-reactive ketones (excluding diaryl/α,β-unsaturated/α-hetero) is 1. The number of fused-ring (bicyclic) bond motifs is 1. The van der Waals surface area contributed by atoms with Crippen molar-refractivity contribution >= 4 is 34.5 Å². The topological polar surface area (TPSA) is 110 Å². The van der Waals surface area contributed by atoms with Gasteiger partial charge in [0, 0.05) is 43.2 Å². The predicted octanol–water partition coefficient (Wildman–Crippen LogP) is 4.91. The number of ketones is 1. The third-order valence-corrected chi connectivity index (χ3v) is 8.89. The maximum atomic E-state index is 13.6. The maximum Gasteiger partial charge on any atom is 0.220 e. The van der Waals surface area contributed by atoms with E-state index in [9.17, 15) is 9.59 Å². The zero-order valence-electron chi connectivity index (χ0n) is 23.4. The van der Waals surface area contributed by atoms with Crippen molar-refractivity contribution in [3.8, 4) is 21.8 Å². The summed E-state index contributed by atoms with van der Waals surface area (Å²) in [7, 11) is 0. The minimum Gasteiger partial charge on any atom is -0.369 e. The lowest BCUT2D eigenvalue weighted by molar-refractivity contribution is -0.122. The van der Waals surface area contributed by atoms with Crippen molar-refractivity contribution in [3.05, 3.63) is 53.7 Å². The lowest BCUT2D eigenvalue weighted by Gasteiger charge is -2.32. The molecular formula is C30H37N7O2S. The molecule has 0 saturated carbocycles. The summed E-state index contributed by atoms with van der Waals surface area (Å²) in [5.41, 5.74) is 9.21. The number of anilines is 1. The standard InChI is InChI=1S/C30H37N7O2S/c1-4-35(5-2)20(3)8-9-26(38)22-17-25(33-28(18-22)36-13-10-21(11-14-36)29(31)39)23-19-32-37-15-12-24(34-30(23)37)27-7-6-16-40-27/h6-7,12,15-21H,4-5,8-11,13-14H2,1-3H3,(H2,31,39)/t20-/m0/s1. The molecule has 9 nitrogen and oxygen atoms in total. The lowest BCUT2D eigenvalue weighted by Crippen LogP contribution is -2.39. The van der Waals surface area contributed by atoms with Gasteiger partial charge in [-0.05, 0) is 68.9 Å². The molecule has 5 heterocycles. The molecular weight excluding hydrogens is 522 g/mol. The van der Waals surface area contributed by atoms with Gasteiger partial charge in [-0.1, -0.05) is 19.9 Å². The van der Waals surface area contributed by atoms with E-state index in [1.807, 2.05) is 41.9 Å². The van der Waals surface area contributed by atoms with E-state index in [-0.39, 0.29) is 17.6 Å². The molecule has 40 heavy (non-hydrogen) atoms. The molecule has 1 saturated heterocycles. The van der Waals surface area contributed by atoms with Crippen molar-refractivity contribution in [2.24, 2.45) is 11.7 Å². The normalized spacial score (nSPS) is 15.2. The van der Waals surface area contributed by atoms with Crippen LogP contribution in [0.1, 0.15) is 56.8 Å². The number of carbonyl (C=O) groups excluding carboxylic acids is 2. The number of pyridine rings is 1. The first-order valence-corrected chi connectivity index (χ1v) is 15.0. The van der Waals surface area contributed by atoms with Gasteiger partial charge in [-0.15, -0.1) is 11.3 Å². The van der Waals surface area contributed by atoms with Crippen molar-refractivity contribution in [2.75, 3.05) is 31.1 Å². The van der Waals surface area contributed by atoms with Crippen LogP contribution in [0.3, 0.4) is 0 Å². The van der Waals surface area contributed by atoms with Gasteiger partial charge in [-0.25, -0.2) is 14.5 Å². The number of thiophene rings is 1. The molecule has 2 N–H and O–H groups in total. The third-order valence-electron chi connectivity index (χ3n) is 8.00. The van der Waals surface area contributed by atoms with E-state index in [1.165, 1.54) is 0 Å². The third kappa shape index (κ3) is 5.93. The molecule has 1 aliphatic rings. The Morgan fingerprint density at radius 3 is 2.58 bits per heavy atom. The smallest absolute Gasteiger partial charge is 0.220 e. The first kappa shape index (κ1) is 27.9. The van der Waals surface area contributed by atoms with Crippen LogP contribution in [0.2, 0.25) is 0 Å². The Morgan fingerprint density at radius 1 is 1.12 bits per heavy atom. The second kappa shape index (κ2) is 12.3. The number of hydrogen-bond donors (Lipinski definition) is 1. The van der Waals surface area contributed by atoms with Gasteiger partial charge in [-0.3, -0.25) is 9.59 Å². The van der Waals surface area contributed by atoms with Crippen molar-refractivity contribution in [2.45, 2.75) is 52.5 Å². The highest BCUT2D eigenvalue weighted by Crippen LogP contribution is 2.31. The van der Waals surface area contributed by atoms with Crippen molar-refractivity contribution in [3.63, 3.8) is 0 Å². The average molecular weight is 560 g/mol. The monoisotopic (exact) mass is 559 g/mol. The number of carbonyl (C=O) groups is 2. The second-order valence-corrected chi connectivity index (χ2v) is 11.4. The Bertz CT molecular complexity index is 1470. The molecule has 1 fully saturated rings. The van der Waals surface area contributed by atoms with E-state index in [2.05, 4.69) is 35.7 Å². The van der Waals surface area contributed by atoms with Crippen LogP contribution < -0.4 is 10.6 Å². The van der Waals surface area contributed by atoms with Crippen LogP contribution in [0.25, 0.3) is 27.5 Å². The molecule has 1 atom stereocenters. The van der Waals surface area contributed by atoms with Gasteiger partial charge in [-0.2, -0.15) is 5.10 Å². The van der Waals surface area contributed by atoms with Crippen LogP contribution >= 0.6 is 11.3 Å². The zero-order valence-corrected chi connectivity index (χ0v) is 24.2. The predicted molar refractivity (Wildman–Crippen MR) is 160 cm³/mol. The van der Waals surface area contributed by atoms with Crippen LogP contribution in [0.4, 0.5) is 5.82 Å². The van der Waals surface area contributed by atoms with Gasteiger partial charge in [0.25, 0.3) is 0 Å². The summed E-state index contributed by atoms with van der Waals surface area (Å²) in [6, 6.07) is 10.1. The Balaban J connectivity index is 1.50. The number of aromatic nitrogens is 4. The Labute approximate surface area is 239 Å². The van der Waals surface area contributed by atoms with Crippen LogP contribution in [-0.4, -0.2) is 68.4 Å². The first-order chi connectivity index (χ1) is 19.4. The summed E-state index contributed by atoms with van der Waals surface area (Å²) in [5, 5.41) is 6.56. The molecule has 0 aliphatic carbocycles. The summed E-state index contributed by atoms with van der Waals surface area (Å²) in [6.07, 6.45) is 6.27. The van der Waals surface area contributed by atoms with Gasteiger partial charge in [0.05, 0.1) is 28.0 Å². The fraction of sp³-hybridized carbons (Fsp3) is 0.433. The molecule has 0 bridgehead atoms. The number of amides is 1. The Morgan fingerprint density at radius 2 is 1.90 bits per heavy atom. The quantitative estimate of drug-likeness (QED) is 0.260. The number of primary amides is 1. The number of piperidine rings is 1.